The minimum atomic E-state index is -0.334. The summed E-state index contributed by atoms with van der Waals surface area (Å²) in [5, 5.41) is 3.44. The Morgan fingerprint density at radius 2 is 1.73 bits per heavy atom. The van der Waals surface area contributed by atoms with Gasteiger partial charge in [-0.2, -0.15) is 0 Å². The van der Waals surface area contributed by atoms with Gasteiger partial charge in [0, 0.05) is 18.2 Å². The molecule has 0 amide bonds. The third-order valence-corrected chi connectivity index (χ3v) is 4.39. The van der Waals surface area contributed by atoms with Crippen LogP contribution in [0, 0.1) is 11.6 Å². The van der Waals surface area contributed by atoms with Crippen LogP contribution in [-0.4, -0.2) is 7.11 Å². The van der Waals surface area contributed by atoms with E-state index in [2.05, 4.69) is 12.2 Å². The van der Waals surface area contributed by atoms with E-state index in [-0.39, 0.29) is 17.7 Å². The maximum atomic E-state index is 14.2. The standard InChI is InChI=1S/C22H21F2NO/c1-15(18-4-3-5-20(13-18)26-2)25-14-16-6-11-22(24)21(12-16)17-7-9-19(23)10-8-17/h3-13,15,25H,14H2,1-2H3/t15-/m1/s1. The van der Waals surface area contributed by atoms with E-state index in [1.54, 1.807) is 31.4 Å². The molecule has 0 saturated carbocycles. The Morgan fingerprint density at radius 1 is 0.962 bits per heavy atom. The van der Waals surface area contributed by atoms with Crippen molar-refractivity contribution in [3.05, 3.63) is 89.5 Å². The van der Waals surface area contributed by atoms with Gasteiger partial charge in [0.25, 0.3) is 0 Å². The second kappa shape index (κ2) is 8.11. The van der Waals surface area contributed by atoms with Gasteiger partial charge < -0.3 is 10.1 Å². The summed E-state index contributed by atoms with van der Waals surface area (Å²) >= 11 is 0. The first kappa shape index (κ1) is 18.1. The smallest absolute Gasteiger partial charge is 0.131 e. The summed E-state index contributed by atoms with van der Waals surface area (Å²) < 4.78 is 32.5. The highest BCUT2D eigenvalue weighted by molar-refractivity contribution is 5.64. The molecule has 3 aromatic rings. The number of nitrogens with one attached hydrogen (secondary N) is 1. The zero-order valence-electron chi connectivity index (χ0n) is 14.8. The molecule has 3 aromatic carbocycles. The van der Waals surface area contributed by atoms with E-state index in [9.17, 15) is 8.78 Å². The quantitative estimate of drug-likeness (QED) is 0.632. The van der Waals surface area contributed by atoms with Crippen LogP contribution in [0.1, 0.15) is 24.1 Å². The topological polar surface area (TPSA) is 21.3 Å². The van der Waals surface area contributed by atoms with Crippen molar-refractivity contribution in [3.8, 4) is 16.9 Å². The minimum absolute atomic E-state index is 0.115. The van der Waals surface area contributed by atoms with Gasteiger partial charge in [0.2, 0.25) is 0 Å². The van der Waals surface area contributed by atoms with E-state index in [1.165, 1.54) is 18.2 Å². The van der Waals surface area contributed by atoms with Crippen LogP contribution >= 0.6 is 0 Å². The summed E-state index contributed by atoms with van der Waals surface area (Å²) in [5.74, 6) is 0.164. The lowest BCUT2D eigenvalue weighted by Crippen LogP contribution is -2.18. The van der Waals surface area contributed by atoms with Gasteiger partial charge in [-0.05, 0) is 60.0 Å². The van der Waals surface area contributed by atoms with Crippen LogP contribution in [0.4, 0.5) is 8.78 Å². The molecule has 134 valence electrons. The number of hydrogen-bond donors (Lipinski definition) is 1. The molecule has 0 saturated heterocycles. The molecule has 0 fully saturated rings. The fourth-order valence-electron chi connectivity index (χ4n) is 2.83. The second-order valence-electron chi connectivity index (χ2n) is 6.20. The average molecular weight is 353 g/mol. The molecule has 0 aliphatic carbocycles. The van der Waals surface area contributed by atoms with Crippen molar-refractivity contribution in [2.24, 2.45) is 0 Å². The van der Waals surface area contributed by atoms with Crippen molar-refractivity contribution in [2.45, 2.75) is 19.5 Å². The van der Waals surface area contributed by atoms with Crippen molar-refractivity contribution in [1.29, 1.82) is 0 Å². The minimum Gasteiger partial charge on any atom is -0.497 e. The number of ether oxygens (including phenoxy) is 1. The lowest BCUT2D eigenvalue weighted by Gasteiger charge is -2.16. The van der Waals surface area contributed by atoms with Gasteiger partial charge >= 0.3 is 0 Å². The predicted octanol–water partition coefficient (Wildman–Crippen LogP) is 5.49. The summed E-state index contributed by atoms with van der Waals surface area (Å²) in [4.78, 5) is 0. The highest BCUT2D eigenvalue weighted by Crippen LogP contribution is 2.25. The highest BCUT2D eigenvalue weighted by atomic mass is 19.1. The van der Waals surface area contributed by atoms with Crippen LogP contribution < -0.4 is 10.1 Å². The van der Waals surface area contributed by atoms with Crippen molar-refractivity contribution in [2.75, 3.05) is 7.11 Å². The second-order valence-corrected chi connectivity index (χ2v) is 6.20. The average Bonchev–Trinajstić information content (AvgIpc) is 2.68. The van der Waals surface area contributed by atoms with Gasteiger partial charge in [-0.15, -0.1) is 0 Å². The predicted molar refractivity (Wildman–Crippen MR) is 100 cm³/mol. The van der Waals surface area contributed by atoms with Gasteiger partial charge in [-0.25, -0.2) is 8.78 Å². The van der Waals surface area contributed by atoms with E-state index in [0.29, 0.717) is 17.7 Å². The molecule has 0 spiro atoms. The van der Waals surface area contributed by atoms with Gasteiger partial charge in [0.1, 0.15) is 17.4 Å². The molecule has 0 aliphatic heterocycles. The Morgan fingerprint density at radius 3 is 2.46 bits per heavy atom. The van der Waals surface area contributed by atoms with Gasteiger partial charge in [-0.3, -0.25) is 0 Å². The molecule has 0 radical (unpaired) electrons. The number of hydrogen-bond acceptors (Lipinski definition) is 2. The first-order valence-electron chi connectivity index (χ1n) is 8.48. The molecule has 0 bridgehead atoms. The monoisotopic (exact) mass is 353 g/mol. The number of halogens is 2. The van der Waals surface area contributed by atoms with Crippen LogP contribution in [0.25, 0.3) is 11.1 Å². The molecule has 2 nitrogen and oxygen atoms in total. The van der Waals surface area contributed by atoms with Gasteiger partial charge in [-0.1, -0.05) is 30.3 Å². The largest absolute Gasteiger partial charge is 0.497 e. The SMILES string of the molecule is COc1cccc([C@@H](C)NCc2ccc(F)c(-c3ccc(F)cc3)c2)c1. The molecule has 1 atom stereocenters. The van der Waals surface area contributed by atoms with Crippen molar-refractivity contribution in [3.63, 3.8) is 0 Å². The lowest BCUT2D eigenvalue weighted by molar-refractivity contribution is 0.413. The summed E-state index contributed by atoms with van der Waals surface area (Å²) in [5.41, 5.74) is 3.20. The summed E-state index contributed by atoms with van der Waals surface area (Å²) in [6, 6.07) is 18.9. The van der Waals surface area contributed by atoms with E-state index < -0.39 is 0 Å². The van der Waals surface area contributed by atoms with Crippen molar-refractivity contribution < 1.29 is 13.5 Å². The van der Waals surface area contributed by atoms with E-state index in [1.807, 2.05) is 24.3 Å². The maximum Gasteiger partial charge on any atom is 0.131 e. The fraction of sp³-hybridized carbons (Fsp3) is 0.182. The van der Waals surface area contributed by atoms with Crippen LogP contribution in [0.15, 0.2) is 66.7 Å². The first-order valence-corrected chi connectivity index (χ1v) is 8.48. The third kappa shape index (κ3) is 4.27. The Bertz CT molecular complexity index is 878. The molecule has 1 N–H and O–H groups in total. The maximum absolute atomic E-state index is 14.2. The first-order chi connectivity index (χ1) is 12.6. The fourth-order valence-corrected chi connectivity index (χ4v) is 2.83. The molecule has 0 aromatic heterocycles. The summed E-state index contributed by atoms with van der Waals surface area (Å²) in [6.07, 6.45) is 0. The Kier molecular flexibility index (Phi) is 5.64. The van der Waals surface area contributed by atoms with Crippen LogP contribution in [0.5, 0.6) is 5.75 Å². The van der Waals surface area contributed by atoms with E-state index in [0.717, 1.165) is 16.9 Å². The Labute approximate surface area is 152 Å². The molecule has 0 aliphatic rings. The summed E-state index contributed by atoms with van der Waals surface area (Å²) in [6.45, 7) is 2.66. The molecule has 0 unspecified atom stereocenters. The zero-order chi connectivity index (χ0) is 18.5. The molecule has 26 heavy (non-hydrogen) atoms. The molecular formula is C22H21F2NO. The lowest BCUT2D eigenvalue weighted by atomic mass is 10.0. The van der Waals surface area contributed by atoms with Crippen LogP contribution in [0.2, 0.25) is 0 Å². The van der Waals surface area contributed by atoms with Crippen LogP contribution in [-0.2, 0) is 6.54 Å². The number of rotatable bonds is 6. The van der Waals surface area contributed by atoms with E-state index in [4.69, 9.17) is 4.74 Å². The van der Waals surface area contributed by atoms with Crippen molar-refractivity contribution >= 4 is 0 Å². The normalized spacial score (nSPS) is 12.0. The summed E-state index contributed by atoms with van der Waals surface area (Å²) in [7, 11) is 1.65. The Balaban J connectivity index is 1.74. The molecule has 0 heterocycles. The highest BCUT2D eigenvalue weighted by Gasteiger charge is 2.09. The van der Waals surface area contributed by atoms with Crippen LogP contribution in [0.3, 0.4) is 0 Å². The van der Waals surface area contributed by atoms with Crippen molar-refractivity contribution in [1.82, 2.24) is 5.32 Å². The number of benzene rings is 3. The zero-order valence-corrected chi connectivity index (χ0v) is 14.8. The van der Waals surface area contributed by atoms with Gasteiger partial charge in [0.15, 0.2) is 0 Å². The molecule has 3 rings (SSSR count). The third-order valence-electron chi connectivity index (χ3n) is 4.39. The van der Waals surface area contributed by atoms with E-state index >= 15 is 0 Å². The van der Waals surface area contributed by atoms with Gasteiger partial charge in [0.05, 0.1) is 7.11 Å². The molecule has 4 heteroatoms. The molecular weight excluding hydrogens is 332 g/mol. The Hall–Kier alpha value is -2.72. The number of methoxy groups -OCH3 is 1.